The topological polar surface area (TPSA) is 82.1 Å². The minimum Gasteiger partial charge on any atom is -0.466 e. The second kappa shape index (κ2) is 6.68. The first-order chi connectivity index (χ1) is 13.5. The molecule has 1 amide bonds. The van der Waals surface area contributed by atoms with Gasteiger partial charge in [0.1, 0.15) is 0 Å². The molecule has 0 saturated heterocycles. The Labute approximate surface area is 162 Å². The molecule has 0 radical (unpaired) electrons. The number of carbonyl (C=O) groups excluding carboxylic acids is 3. The van der Waals surface area contributed by atoms with E-state index in [1.807, 2.05) is 12.1 Å². The maximum absolute atomic E-state index is 13.2. The van der Waals surface area contributed by atoms with Crippen LogP contribution in [0.4, 0.5) is 0 Å². The van der Waals surface area contributed by atoms with Crippen LogP contribution in [0, 0.1) is 17.8 Å². The summed E-state index contributed by atoms with van der Waals surface area (Å²) in [4.78, 5) is 40.4. The van der Waals surface area contributed by atoms with Crippen molar-refractivity contribution in [2.24, 2.45) is 17.8 Å². The number of rotatable bonds is 4. The van der Waals surface area contributed by atoms with Crippen molar-refractivity contribution in [2.45, 2.75) is 11.8 Å². The minimum absolute atomic E-state index is 0.213. The van der Waals surface area contributed by atoms with E-state index in [4.69, 9.17) is 14.2 Å². The Balaban J connectivity index is 1.82. The number of ketones is 1. The summed E-state index contributed by atoms with van der Waals surface area (Å²) >= 11 is 0. The predicted octanol–water partition coefficient (Wildman–Crippen LogP) is 1.56. The number of fused-ring (bicyclic) bond motifs is 1. The molecule has 4 aliphatic rings. The largest absolute Gasteiger partial charge is 0.466 e. The smallest absolute Gasteiger partial charge is 0.334 e. The Morgan fingerprint density at radius 2 is 1.75 bits per heavy atom. The summed E-state index contributed by atoms with van der Waals surface area (Å²) in [5, 5.41) is 0. The highest BCUT2D eigenvalue weighted by atomic mass is 16.7. The number of carbonyl (C=O) groups is 3. The molecule has 2 bridgehead atoms. The van der Waals surface area contributed by atoms with Crippen LogP contribution < -0.4 is 0 Å². The molecular weight excluding hydrogens is 362 g/mol. The zero-order valence-corrected chi connectivity index (χ0v) is 15.8. The van der Waals surface area contributed by atoms with Gasteiger partial charge in [0.2, 0.25) is 5.79 Å². The number of methoxy groups -OCH3 is 3. The van der Waals surface area contributed by atoms with Crippen molar-refractivity contribution in [2.75, 3.05) is 21.3 Å². The molecule has 3 aliphatic carbocycles. The zero-order valence-electron chi connectivity index (χ0n) is 15.8. The number of allylic oxidation sites excluding steroid dienone is 1. The highest BCUT2D eigenvalue weighted by Gasteiger charge is 2.67. The van der Waals surface area contributed by atoms with E-state index in [0.717, 1.165) is 0 Å². The van der Waals surface area contributed by atoms with Crippen LogP contribution in [0.3, 0.4) is 0 Å². The number of ether oxygens (including phenoxy) is 3. The van der Waals surface area contributed by atoms with Crippen LogP contribution in [-0.2, 0) is 23.8 Å². The third kappa shape index (κ3) is 2.33. The molecule has 1 aromatic carbocycles. The van der Waals surface area contributed by atoms with Gasteiger partial charge < -0.3 is 19.1 Å². The van der Waals surface area contributed by atoms with Gasteiger partial charge in [-0.15, -0.1) is 0 Å². The van der Waals surface area contributed by atoms with Crippen LogP contribution in [0.2, 0.25) is 0 Å². The fourth-order valence-electron chi connectivity index (χ4n) is 4.75. The summed E-state index contributed by atoms with van der Waals surface area (Å²) in [6, 6.07) is 8.37. The first-order valence-corrected chi connectivity index (χ1v) is 9.00. The minimum atomic E-state index is -1.65. The SMILES string of the molecule is COC(=O)C1=C[C@@H]2C(=O)C(OC)(OC)[C@H]1[C@H]1[C@@H]2C=CN1C(=O)c1ccccc1. The fourth-order valence-corrected chi connectivity index (χ4v) is 4.75. The number of amides is 1. The quantitative estimate of drug-likeness (QED) is 0.580. The highest BCUT2D eigenvalue weighted by molar-refractivity contribution is 6.02. The molecule has 7 nitrogen and oxygen atoms in total. The number of benzene rings is 1. The average Bonchev–Trinajstić information content (AvgIpc) is 3.19. The van der Waals surface area contributed by atoms with Crippen molar-refractivity contribution in [3.63, 3.8) is 0 Å². The predicted molar refractivity (Wildman–Crippen MR) is 97.9 cm³/mol. The molecule has 4 atom stereocenters. The van der Waals surface area contributed by atoms with Gasteiger partial charge in [-0.05, 0) is 12.1 Å². The van der Waals surface area contributed by atoms with Crippen LogP contribution in [0.25, 0.3) is 0 Å². The first kappa shape index (κ1) is 18.6. The molecule has 5 rings (SSSR count). The molecule has 1 saturated carbocycles. The van der Waals surface area contributed by atoms with Gasteiger partial charge in [0.05, 0.1) is 25.0 Å². The normalized spacial score (nSPS) is 29.5. The highest BCUT2D eigenvalue weighted by Crippen LogP contribution is 2.54. The van der Waals surface area contributed by atoms with Gasteiger partial charge >= 0.3 is 5.97 Å². The molecular formula is C21H21NO6. The van der Waals surface area contributed by atoms with Gasteiger partial charge in [0.25, 0.3) is 5.91 Å². The molecule has 28 heavy (non-hydrogen) atoms. The Kier molecular flexibility index (Phi) is 4.44. The van der Waals surface area contributed by atoms with E-state index in [-0.39, 0.29) is 17.6 Å². The molecule has 0 spiro atoms. The van der Waals surface area contributed by atoms with Gasteiger partial charge in [-0.25, -0.2) is 4.79 Å². The zero-order chi connectivity index (χ0) is 20.1. The van der Waals surface area contributed by atoms with Crippen molar-refractivity contribution in [1.82, 2.24) is 4.90 Å². The van der Waals surface area contributed by atoms with Crippen LogP contribution in [0.1, 0.15) is 10.4 Å². The van der Waals surface area contributed by atoms with Crippen molar-refractivity contribution >= 4 is 17.7 Å². The summed E-state index contributed by atoms with van der Waals surface area (Å²) in [5.74, 6) is -4.38. The van der Waals surface area contributed by atoms with Crippen LogP contribution in [0.5, 0.6) is 0 Å². The molecule has 0 N–H and O–H groups in total. The van der Waals surface area contributed by atoms with Gasteiger partial charge in [0, 0.05) is 37.5 Å². The van der Waals surface area contributed by atoms with Crippen molar-refractivity contribution in [3.8, 4) is 0 Å². The fraction of sp³-hybridized carbons (Fsp3) is 0.381. The summed E-state index contributed by atoms with van der Waals surface area (Å²) in [5.41, 5.74) is 0.816. The van der Waals surface area contributed by atoms with E-state index < -0.39 is 29.6 Å². The molecule has 7 heteroatoms. The molecule has 1 aromatic rings. The summed E-state index contributed by atoms with van der Waals surface area (Å²) in [7, 11) is 4.03. The maximum Gasteiger partial charge on any atom is 0.334 e. The van der Waals surface area contributed by atoms with Gasteiger partial charge in [0.15, 0.2) is 5.78 Å². The maximum atomic E-state index is 13.2. The van der Waals surface area contributed by atoms with E-state index in [1.165, 1.54) is 21.3 Å². The Bertz CT molecular complexity index is 885. The van der Waals surface area contributed by atoms with E-state index in [1.54, 1.807) is 41.4 Å². The molecule has 0 aromatic heterocycles. The third-order valence-electron chi connectivity index (χ3n) is 5.97. The summed E-state index contributed by atoms with van der Waals surface area (Å²) in [6.45, 7) is 0. The molecule has 146 valence electrons. The lowest BCUT2D eigenvalue weighted by Crippen LogP contribution is -2.68. The van der Waals surface area contributed by atoms with Crippen molar-refractivity contribution in [3.05, 3.63) is 59.8 Å². The number of hydrogen-bond acceptors (Lipinski definition) is 6. The Morgan fingerprint density at radius 3 is 2.36 bits per heavy atom. The van der Waals surface area contributed by atoms with Crippen LogP contribution in [0.15, 0.2) is 54.3 Å². The van der Waals surface area contributed by atoms with Crippen molar-refractivity contribution < 1.29 is 28.6 Å². The third-order valence-corrected chi connectivity index (χ3v) is 5.97. The van der Waals surface area contributed by atoms with Crippen LogP contribution in [-0.4, -0.2) is 55.7 Å². The molecule has 1 aliphatic heterocycles. The standard InChI is InChI=1S/C21H21NO6/c1-26-20(25)15-11-14-13-9-10-22(19(24)12-7-5-4-6-8-12)17(13)16(15)21(27-2,28-3)18(14)23/h4-11,13-14,16-17H,1-3H3/t13-,14+,16-,17-/m1/s1. The lowest BCUT2D eigenvalue weighted by Gasteiger charge is -2.53. The number of esters is 1. The Hall–Kier alpha value is -2.77. The van der Waals surface area contributed by atoms with Gasteiger partial charge in [-0.2, -0.15) is 0 Å². The number of nitrogens with zero attached hydrogens (tertiary/aromatic N) is 1. The monoisotopic (exact) mass is 383 g/mol. The number of hydrogen-bond donors (Lipinski definition) is 0. The molecule has 1 fully saturated rings. The molecule has 1 heterocycles. The van der Waals surface area contributed by atoms with Crippen molar-refractivity contribution in [1.29, 1.82) is 0 Å². The summed E-state index contributed by atoms with van der Waals surface area (Å²) < 4.78 is 16.0. The van der Waals surface area contributed by atoms with E-state index >= 15 is 0 Å². The number of Topliss-reactive ketones (excluding diaryl/α,β-unsaturated/α-hetero) is 1. The van der Waals surface area contributed by atoms with E-state index in [0.29, 0.717) is 11.1 Å². The summed E-state index contributed by atoms with van der Waals surface area (Å²) in [6.07, 6.45) is 5.17. The second-order valence-electron chi connectivity index (χ2n) is 7.04. The lowest BCUT2D eigenvalue weighted by atomic mass is 9.59. The Morgan fingerprint density at radius 1 is 1.07 bits per heavy atom. The van der Waals surface area contributed by atoms with Gasteiger partial charge in [-0.1, -0.05) is 30.4 Å². The molecule has 0 unspecified atom stereocenters. The van der Waals surface area contributed by atoms with E-state index in [2.05, 4.69) is 0 Å². The van der Waals surface area contributed by atoms with Gasteiger partial charge in [-0.3, -0.25) is 9.59 Å². The van der Waals surface area contributed by atoms with Crippen LogP contribution >= 0.6 is 0 Å². The first-order valence-electron chi connectivity index (χ1n) is 9.00. The average molecular weight is 383 g/mol. The van der Waals surface area contributed by atoms with E-state index in [9.17, 15) is 14.4 Å². The second-order valence-corrected chi connectivity index (χ2v) is 7.04. The lowest BCUT2D eigenvalue weighted by molar-refractivity contribution is -0.247.